The van der Waals surface area contributed by atoms with Crippen molar-refractivity contribution in [3.63, 3.8) is 0 Å². The van der Waals surface area contributed by atoms with Gasteiger partial charge in [0, 0.05) is 46.0 Å². The van der Waals surface area contributed by atoms with Gasteiger partial charge in [0.05, 0.1) is 23.7 Å². The van der Waals surface area contributed by atoms with Crippen LogP contribution >= 0.6 is 23.2 Å². The average Bonchev–Trinajstić information content (AvgIpc) is 3.33. The first-order chi connectivity index (χ1) is 16.8. The Morgan fingerprint density at radius 3 is 2.43 bits per heavy atom. The Morgan fingerprint density at radius 2 is 1.71 bits per heavy atom. The lowest BCUT2D eigenvalue weighted by molar-refractivity contribution is -0.132. The maximum atomic E-state index is 13.4. The zero-order valence-corrected chi connectivity index (χ0v) is 20.3. The van der Waals surface area contributed by atoms with Crippen LogP contribution in [-0.4, -0.2) is 28.5 Å². The number of anilines is 1. The molecule has 0 spiro atoms. The molecule has 0 aliphatic carbocycles. The summed E-state index contributed by atoms with van der Waals surface area (Å²) in [6, 6.07) is 18.2. The molecule has 1 aliphatic heterocycles. The first-order valence-electron chi connectivity index (χ1n) is 10.8. The second-order valence-electron chi connectivity index (χ2n) is 8.20. The Morgan fingerprint density at radius 1 is 1.00 bits per heavy atom. The molecule has 1 amide bonds. The van der Waals surface area contributed by atoms with Gasteiger partial charge in [-0.2, -0.15) is 0 Å². The summed E-state index contributed by atoms with van der Waals surface area (Å²) in [5, 5.41) is 13.0. The molecule has 4 aromatic rings. The number of aliphatic hydroxyl groups is 1. The number of hydrogen-bond acceptors (Lipinski definition) is 4. The Hall–Kier alpha value is -3.74. The van der Waals surface area contributed by atoms with Gasteiger partial charge in [0.25, 0.3) is 11.7 Å². The summed E-state index contributed by atoms with van der Waals surface area (Å²) in [7, 11) is 3.38. The molecule has 0 radical (unpaired) electrons. The number of methoxy groups -OCH3 is 1. The summed E-state index contributed by atoms with van der Waals surface area (Å²) < 4.78 is 7.20. The molecule has 35 heavy (non-hydrogen) atoms. The summed E-state index contributed by atoms with van der Waals surface area (Å²) >= 11 is 12.5. The number of nitrogens with zero attached hydrogens (tertiary/aromatic N) is 2. The number of aliphatic hydroxyl groups excluding tert-OH is 1. The van der Waals surface area contributed by atoms with Crippen molar-refractivity contribution in [3.8, 4) is 5.75 Å². The van der Waals surface area contributed by atoms with Crippen molar-refractivity contribution in [1.82, 2.24) is 4.57 Å². The number of ketones is 1. The molecular formula is C27H20Cl2N2O4. The van der Waals surface area contributed by atoms with Gasteiger partial charge < -0.3 is 14.4 Å². The van der Waals surface area contributed by atoms with Crippen LogP contribution in [0.4, 0.5) is 5.69 Å². The van der Waals surface area contributed by atoms with Crippen LogP contribution < -0.4 is 9.64 Å². The van der Waals surface area contributed by atoms with Crippen molar-refractivity contribution in [1.29, 1.82) is 0 Å². The lowest BCUT2D eigenvalue weighted by Crippen LogP contribution is -2.29. The Bertz CT molecular complexity index is 1520. The van der Waals surface area contributed by atoms with Crippen molar-refractivity contribution in [2.45, 2.75) is 6.04 Å². The summed E-state index contributed by atoms with van der Waals surface area (Å²) in [6.45, 7) is 0. The molecule has 1 fully saturated rings. The molecule has 176 valence electrons. The Labute approximate surface area is 211 Å². The van der Waals surface area contributed by atoms with Crippen LogP contribution in [0.25, 0.3) is 16.7 Å². The summed E-state index contributed by atoms with van der Waals surface area (Å²) in [5.41, 5.74) is 2.23. The Kier molecular flexibility index (Phi) is 5.79. The average molecular weight is 507 g/mol. The van der Waals surface area contributed by atoms with Crippen molar-refractivity contribution in [3.05, 3.63) is 99.7 Å². The molecule has 1 saturated heterocycles. The molecule has 3 aromatic carbocycles. The normalized spacial score (nSPS) is 17.4. The number of benzene rings is 3. The maximum absolute atomic E-state index is 13.4. The van der Waals surface area contributed by atoms with Gasteiger partial charge in [0.15, 0.2) is 0 Å². The molecule has 0 bridgehead atoms. The molecule has 6 nitrogen and oxygen atoms in total. The number of carbonyl (C=O) groups is 2. The number of rotatable bonds is 4. The van der Waals surface area contributed by atoms with Gasteiger partial charge in [-0.15, -0.1) is 0 Å². The standard InChI is InChI=1S/C27H20Cl2N2O4/c1-30-14-20(18-5-3-4-6-22(18)30)24-23(25(32)19-13-17(35-2)11-12-21(19)29)26(33)27(34)31(24)16-9-7-15(28)8-10-16/h3-14,24,32H,1-2H3/b25-23+. The minimum Gasteiger partial charge on any atom is -0.507 e. The highest BCUT2D eigenvalue weighted by atomic mass is 35.5. The molecule has 1 aliphatic rings. The quantitative estimate of drug-likeness (QED) is 0.205. The van der Waals surface area contributed by atoms with E-state index in [4.69, 9.17) is 27.9 Å². The molecule has 5 rings (SSSR count). The number of amides is 1. The van der Waals surface area contributed by atoms with E-state index in [1.54, 1.807) is 36.4 Å². The van der Waals surface area contributed by atoms with Gasteiger partial charge in [0.2, 0.25) is 0 Å². The van der Waals surface area contributed by atoms with E-state index in [1.807, 2.05) is 42.1 Å². The maximum Gasteiger partial charge on any atom is 0.300 e. The lowest BCUT2D eigenvalue weighted by Gasteiger charge is -2.25. The van der Waals surface area contributed by atoms with Crippen LogP contribution in [0, 0.1) is 0 Å². The van der Waals surface area contributed by atoms with Crippen molar-refractivity contribution < 1.29 is 19.4 Å². The van der Waals surface area contributed by atoms with Crippen molar-refractivity contribution in [2.75, 3.05) is 12.0 Å². The van der Waals surface area contributed by atoms with Gasteiger partial charge in [-0.25, -0.2) is 0 Å². The SMILES string of the molecule is COc1ccc(Cl)c(/C(O)=C2\C(=O)C(=O)N(c3ccc(Cl)cc3)C2c2cn(C)c3ccccc23)c1. The first-order valence-corrected chi connectivity index (χ1v) is 11.5. The first kappa shape index (κ1) is 23.0. The molecule has 0 saturated carbocycles. The number of aryl methyl sites for hydroxylation is 1. The summed E-state index contributed by atoms with van der Waals surface area (Å²) in [5.74, 6) is -1.49. The van der Waals surface area contributed by atoms with Gasteiger partial charge in [-0.3, -0.25) is 14.5 Å². The van der Waals surface area contributed by atoms with Crippen LogP contribution in [0.1, 0.15) is 17.2 Å². The minimum atomic E-state index is -0.899. The molecule has 1 atom stereocenters. The van der Waals surface area contributed by atoms with E-state index in [0.717, 1.165) is 10.9 Å². The van der Waals surface area contributed by atoms with E-state index >= 15 is 0 Å². The summed E-state index contributed by atoms with van der Waals surface area (Å²) in [4.78, 5) is 28.2. The molecule has 1 unspecified atom stereocenters. The van der Waals surface area contributed by atoms with Gasteiger partial charge in [-0.1, -0.05) is 41.4 Å². The van der Waals surface area contributed by atoms with E-state index in [1.165, 1.54) is 18.1 Å². The van der Waals surface area contributed by atoms with E-state index in [2.05, 4.69) is 0 Å². The predicted octanol–water partition coefficient (Wildman–Crippen LogP) is 6.12. The monoisotopic (exact) mass is 506 g/mol. The largest absolute Gasteiger partial charge is 0.507 e. The fourth-order valence-corrected chi connectivity index (χ4v) is 4.88. The number of para-hydroxylation sites is 1. The fourth-order valence-electron chi connectivity index (χ4n) is 4.54. The summed E-state index contributed by atoms with van der Waals surface area (Å²) in [6.07, 6.45) is 1.87. The van der Waals surface area contributed by atoms with Gasteiger partial charge in [0.1, 0.15) is 11.5 Å². The second-order valence-corrected chi connectivity index (χ2v) is 9.05. The van der Waals surface area contributed by atoms with Crippen LogP contribution in [0.5, 0.6) is 5.75 Å². The molecule has 2 heterocycles. The topological polar surface area (TPSA) is 71.8 Å². The van der Waals surface area contributed by atoms with Crippen molar-refractivity contribution >= 4 is 57.2 Å². The molecule has 1 N–H and O–H groups in total. The zero-order valence-electron chi connectivity index (χ0n) is 18.8. The number of halogens is 2. The third kappa shape index (κ3) is 3.75. The minimum absolute atomic E-state index is 0.0588. The third-order valence-corrected chi connectivity index (χ3v) is 6.78. The van der Waals surface area contributed by atoms with Gasteiger partial charge in [-0.05, 0) is 48.5 Å². The van der Waals surface area contributed by atoms with Crippen LogP contribution in [-0.2, 0) is 16.6 Å². The number of aromatic nitrogens is 1. The van der Waals surface area contributed by atoms with Crippen LogP contribution in [0.3, 0.4) is 0 Å². The number of fused-ring (bicyclic) bond motifs is 1. The Balaban J connectivity index is 1.82. The smallest absolute Gasteiger partial charge is 0.300 e. The van der Waals surface area contributed by atoms with E-state index < -0.39 is 17.7 Å². The third-order valence-electron chi connectivity index (χ3n) is 6.20. The van der Waals surface area contributed by atoms with Crippen LogP contribution in [0.2, 0.25) is 10.0 Å². The predicted molar refractivity (Wildman–Crippen MR) is 137 cm³/mol. The lowest BCUT2D eigenvalue weighted by atomic mass is 9.94. The number of ether oxygens (including phenoxy) is 1. The highest BCUT2D eigenvalue weighted by Gasteiger charge is 2.48. The number of Topliss-reactive ketones (excluding diaryl/α,β-unsaturated/α-hetero) is 1. The number of carbonyl (C=O) groups excluding carboxylic acids is 2. The molecular weight excluding hydrogens is 487 g/mol. The van der Waals surface area contributed by atoms with E-state index in [0.29, 0.717) is 22.0 Å². The van der Waals surface area contributed by atoms with Crippen LogP contribution in [0.15, 0.2) is 78.5 Å². The molecule has 1 aromatic heterocycles. The number of hydrogen-bond donors (Lipinski definition) is 1. The van der Waals surface area contributed by atoms with Crippen molar-refractivity contribution in [2.24, 2.45) is 7.05 Å². The molecule has 8 heteroatoms. The fraction of sp³-hybridized carbons (Fsp3) is 0.111. The van der Waals surface area contributed by atoms with E-state index in [9.17, 15) is 14.7 Å². The highest BCUT2D eigenvalue weighted by Crippen LogP contribution is 2.45. The van der Waals surface area contributed by atoms with Gasteiger partial charge >= 0.3 is 0 Å². The highest BCUT2D eigenvalue weighted by molar-refractivity contribution is 6.52. The zero-order chi connectivity index (χ0) is 24.9. The van der Waals surface area contributed by atoms with E-state index in [-0.39, 0.29) is 21.9 Å². The second kappa shape index (κ2) is 8.80.